The van der Waals surface area contributed by atoms with Gasteiger partial charge >= 0.3 is 0 Å². The molecule has 0 aromatic rings. The van der Waals surface area contributed by atoms with Crippen LogP contribution in [0.2, 0.25) is 0 Å². The smallest absolute Gasteiger partial charge is 0.244 e. The van der Waals surface area contributed by atoms with Crippen molar-refractivity contribution in [2.45, 2.75) is 62.1 Å². The van der Waals surface area contributed by atoms with E-state index in [-0.39, 0.29) is 47.5 Å². The van der Waals surface area contributed by atoms with Crippen molar-refractivity contribution in [3.05, 3.63) is 0 Å². The molecule has 3 rings (SSSR count). The average Bonchev–Trinajstić information content (AvgIpc) is 3.18. The molecule has 0 aliphatic carbocycles. The molecule has 0 saturated carbocycles. The number of likely N-dealkylation sites (tertiary alicyclic amines) is 1. The number of nitrogens with zero attached hydrogens (tertiary/aromatic N) is 1. The molecule has 27 heavy (non-hydrogen) atoms. The Labute approximate surface area is 165 Å². The molecule has 3 amide bonds. The van der Waals surface area contributed by atoms with Crippen molar-refractivity contribution < 1.29 is 19.5 Å². The fourth-order valence-corrected chi connectivity index (χ4v) is 7.71. The van der Waals surface area contributed by atoms with E-state index in [0.29, 0.717) is 19.4 Å². The van der Waals surface area contributed by atoms with Crippen LogP contribution in [0.4, 0.5) is 0 Å². The van der Waals surface area contributed by atoms with Crippen LogP contribution in [0.3, 0.4) is 0 Å². The van der Waals surface area contributed by atoms with Gasteiger partial charge in [0.05, 0.1) is 16.6 Å². The summed E-state index contributed by atoms with van der Waals surface area (Å²) >= 11 is 1.69. The Hall–Kier alpha value is -1.28. The maximum absolute atomic E-state index is 13.4. The van der Waals surface area contributed by atoms with Crippen molar-refractivity contribution in [3.63, 3.8) is 0 Å². The quantitative estimate of drug-likeness (QED) is 0.539. The second-order valence-electron chi connectivity index (χ2n) is 8.29. The third-order valence-electron chi connectivity index (χ3n) is 6.28. The lowest BCUT2D eigenvalue weighted by atomic mass is 9.66. The second-order valence-corrected chi connectivity index (χ2v) is 9.84. The topological polar surface area (TPSA) is 98.7 Å². The summed E-state index contributed by atoms with van der Waals surface area (Å²) in [5.41, 5.74) is 0. The van der Waals surface area contributed by atoms with Crippen LogP contribution in [0.25, 0.3) is 0 Å². The van der Waals surface area contributed by atoms with Crippen molar-refractivity contribution in [1.29, 1.82) is 0 Å². The van der Waals surface area contributed by atoms with Crippen LogP contribution in [0, 0.1) is 17.8 Å². The first-order chi connectivity index (χ1) is 12.8. The first kappa shape index (κ1) is 20.5. The van der Waals surface area contributed by atoms with Crippen molar-refractivity contribution in [2.24, 2.45) is 17.8 Å². The molecule has 6 atom stereocenters. The van der Waals surface area contributed by atoms with Crippen molar-refractivity contribution in [2.75, 3.05) is 20.2 Å². The number of carbonyl (C=O) groups is 3. The Morgan fingerprint density at radius 3 is 2.63 bits per heavy atom. The minimum Gasteiger partial charge on any atom is -0.396 e. The highest BCUT2D eigenvalue weighted by molar-refractivity contribution is 8.02. The van der Waals surface area contributed by atoms with Gasteiger partial charge in [-0.15, -0.1) is 11.8 Å². The largest absolute Gasteiger partial charge is 0.396 e. The maximum Gasteiger partial charge on any atom is 0.244 e. The predicted molar refractivity (Wildman–Crippen MR) is 104 cm³/mol. The SMILES string of the molecule is CNC(=O)[C@@H]1[C@H]2C(=O)N(CCCCO)C(C(=O)NC(C)C)C23S[C@@H]1CC3C. The minimum absolute atomic E-state index is 0.0176. The summed E-state index contributed by atoms with van der Waals surface area (Å²) in [6.45, 7) is 6.44. The first-order valence-electron chi connectivity index (χ1n) is 9.90. The van der Waals surface area contributed by atoms with E-state index in [2.05, 4.69) is 17.6 Å². The van der Waals surface area contributed by atoms with E-state index in [4.69, 9.17) is 5.11 Å². The van der Waals surface area contributed by atoms with E-state index in [1.54, 1.807) is 23.7 Å². The van der Waals surface area contributed by atoms with E-state index in [1.165, 1.54) is 0 Å². The van der Waals surface area contributed by atoms with Crippen LogP contribution < -0.4 is 10.6 Å². The lowest BCUT2D eigenvalue weighted by Crippen LogP contribution is -2.57. The van der Waals surface area contributed by atoms with Gasteiger partial charge in [-0.3, -0.25) is 14.4 Å². The molecule has 8 heteroatoms. The lowest BCUT2D eigenvalue weighted by molar-refractivity contribution is -0.140. The van der Waals surface area contributed by atoms with Crippen molar-refractivity contribution in [3.8, 4) is 0 Å². The van der Waals surface area contributed by atoms with E-state index >= 15 is 0 Å². The number of aliphatic hydroxyl groups excluding tert-OH is 1. The number of hydrogen-bond donors (Lipinski definition) is 3. The molecule has 3 heterocycles. The van der Waals surface area contributed by atoms with Gasteiger partial charge < -0.3 is 20.6 Å². The van der Waals surface area contributed by atoms with Crippen LogP contribution in [0.5, 0.6) is 0 Å². The summed E-state index contributed by atoms with van der Waals surface area (Å²) in [7, 11) is 1.61. The molecule has 3 unspecified atom stereocenters. The number of fused-ring (bicyclic) bond motifs is 1. The molecular formula is C19H31N3O4S. The number of aliphatic hydroxyl groups is 1. The average molecular weight is 398 g/mol. The molecule has 3 N–H and O–H groups in total. The maximum atomic E-state index is 13.4. The molecule has 3 aliphatic heterocycles. The summed E-state index contributed by atoms with van der Waals surface area (Å²) in [5, 5.41) is 14.9. The lowest BCUT2D eigenvalue weighted by Gasteiger charge is -2.38. The molecule has 1 spiro atoms. The molecule has 3 fully saturated rings. The van der Waals surface area contributed by atoms with Gasteiger partial charge in [0.15, 0.2) is 0 Å². The summed E-state index contributed by atoms with van der Waals surface area (Å²) in [5.74, 6) is -0.934. The predicted octanol–water partition coefficient (Wildman–Crippen LogP) is 0.367. The minimum atomic E-state index is -0.559. The highest BCUT2D eigenvalue weighted by atomic mass is 32.2. The van der Waals surface area contributed by atoms with Gasteiger partial charge in [-0.05, 0) is 39.0 Å². The van der Waals surface area contributed by atoms with Gasteiger partial charge in [0.1, 0.15) is 6.04 Å². The fourth-order valence-electron chi connectivity index (χ4n) is 5.28. The Bertz CT molecular complexity index is 628. The molecule has 2 bridgehead atoms. The van der Waals surface area contributed by atoms with Crippen LogP contribution >= 0.6 is 11.8 Å². The fraction of sp³-hybridized carbons (Fsp3) is 0.842. The molecule has 0 aromatic carbocycles. The third kappa shape index (κ3) is 3.05. The van der Waals surface area contributed by atoms with Crippen LogP contribution in [-0.2, 0) is 14.4 Å². The molecule has 3 saturated heterocycles. The zero-order valence-electron chi connectivity index (χ0n) is 16.5. The molecule has 7 nitrogen and oxygen atoms in total. The van der Waals surface area contributed by atoms with Crippen LogP contribution in [0.1, 0.15) is 40.0 Å². The van der Waals surface area contributed by atoms with E-state index in [9.17, 15) is 14.4 Å². The first-order valence-corrected chi connectivity index (χ1v) is 10.8. The summed E-state index contributed by atoms with van der Waals surface area (Å²) in [6, 6.07) is -0.577. The number of rotatable bonds is 7. The van der Waals surface area contributed by atoms with Crippen molar-refractivity contribution in [1.82, 2.24) is 15.5 Å². The number of amides is 3. The zero-order valence-corrected chi connectivity index (χ0v) is 17.3. The van der Waals surface area contributed by atoms with Gasteiger partial charge in [0.25, 0.3) is 0 Å². The van der Waals surface area contributed by atoms with Gasteiger partial charge in [-0.2, -0.15) is 0 Å². The van der Waals surface area contributed by atoms with E-state index in [1.807, 2.05) is 13.8 Å². The van der Waals surface area contributed by atoms with E-state index < -0.39 is 16.7 Å². The Morgan fingerprint density at radius 2 is 2.04 bits per heavy atom. The molecule has 0 radical (unpaired) electrons. The summed E-state index contributed by atoms with van der Waals surface area (Å²) in [4.78, 5) is 40.9. The Morgan fingerprint density at radius 1 is 1.33 bits per heavy atom. The number of hydrogen-bond acceptors (Lipinski definition) is 5. The third-order valence-corrected chi connectivity index (χ3v) is 8.36. The monoisotopic (exact) mass is 397 g/mol. The zero-order chi connectivity index (χ0) is 19.9. The number of carbonyl (C=O) groups excluding carboxylic acids is 3. The Kier molecular flexibility index (Phi) is 5.77. The number of unbranched alkanes of at least 4 members (excludes halogenated alkanes) is 1. The summed E-state index contributed by atoms with van der Waals surface area (Å²) < 4.78 is -0.545. The molecule has 0 aromatic heterocycles. The summed E-state index contributed by atoms with van der Waals surface area (Å²) in [6.07, 6.45) is 2.08. The van der Waals surface area contributed by atoms with E-state index in [0.717, 1.165) is 6.42 Å². The molecular weight excluding hydrogens is 366 g/mol. The van der Waals surface area contributed by atoms with Gasteiger partial charge in [0.2, 0.25) is 17.7 Å². The Balaban J connectivity index is 2.00. The number of nitrogens with one attached hydrogen (secondary N) is 2. The van der Waals surface area contributed by atoms with Gasteiger partial charge in [0, 0.05) is 31.5 Å². The normalized spacial score (nSPS) is 37.0. The highest BCUT2D eigenvalue weighted by Crippen LogP contribution is 2.68. The van der Waals surface area contributed by atoms with Gasteiger partial charge in [-0.25, -0.2) is 0 Å². The second kappa shape index (κ2) is 7.62. The standard InChI is InChI=1S/C19H31N3O4S/c1-10(2)21-17(25)15-19-11(3)9-12(27-19)13(16(24)20-4)14(19)18(26)22(15)7-5-6-8-23/h10-15,23H,5-9H2,1-4H3,(H,20,24)(H,21,25)/t11?,12-,13+,14+,15?,19?/m1/s1. The number of thioether (sulfide) groups is 1. The van der Waals surface area contributed by atoms with Crippen LogP contribution in [-0.4, -0.2) is 70.0 Å². The van der Waals surface area contributed by atoms with Crippen LogP contribution in [0.15, 0.2) is 0 Å². The molecule has 152 valence electrons. The molecule has 3 aliphatic rings. The van der Waals surface area contributed by atoms with Crippen molar-refractivity contribution >= 4 is 29.5 Å². The van der Waals surface area contributed by atoms with Gasteiger partial charge in [-0.1, -0.05) is 6.92 Å². The highest BCUT2D eigenvalue weighted by Gasteiger charge is 2.75.